The third kappa shape index (κ3) is 17.8. The molecule has 0 spiro atoms. The predicted octanol–water partition coefficient (Wildman–Crippen LogP) is 23.0. The van der Waals surface area contributed by atoms with E-state index in [4.69, 9.17) is 62.3 Å². The average Bonchev–Trinajstić information content (AvgIpc) is 1.58. The standard InChI is InChI=1S/2C35H37N3O3S.2C28H30O4.H2O/c2*1-3-16-35(39)17-15-29-27-12-9-22-18-25(37-38-33(42)36-24-7-5-4-6-8-24)11-13-26(22)32(27)28(20-34(29,35)2)23-10-14-30-31(19-23)41-21-40-30;2*1-3-11-28(30)12-10-23-21-7-4-17-13-19(29)6-8-20(17)26(21)22(15-27(23,28)2)18-5-9-24-25(14-18)32-16-31-24;/h2*4-8,10,14,18-19,27-29,39H,9,11-13,15,17,20-21H2,1-2H3,(H2,36,38,42);2*5,9,13-14,21-23,30H,4,6-8,10,12,15-16H2,1-2H3;1H2/t2*27-,28+,29-,34-,35-;2*21-,22+,23-,27-,28-;/m0000./s1. The fourth-order valence-corrected chi connectivity index (χ4v) is 32.2. The van der Waals surface area contributed by atoms with Gasteiger partial charge in [-0.2, -0.15) is 10.2 Å². The SMILES string of the molecule is CC#C[C@]1(O)CC[C@H]2[C@@H]3CCC4=CC(=NNC(=S)Nc5ccccc5)CCC4=C3[C@@H](c3ccc4c(c3)OCO4)C[C@@]21C.CC#C[C@]1(O)CC[C@H]2[C@@H]3CCC4=CC(=NNC(=S)Nc5ccccc5)CCC4=C3[C@@H](c3ccc4c(c3)OCO4)C[C@@]21C.CC#C[C@]1(O)CC[C@H]2[C@@H]3CCC4=CC(=O)CCC4=C3[C@@H](c3ccc4c(c3)OCO4)C[C@@]21C.CC#C[C@]1(O)CC[C@H]2[C@@H]3CCC4=CC(=O)CCC4=C3[C@@H](c3ccc4c(c3)OCO4)C[C@@]21C.O. The van der Waals surface area contributed by atoms with E-state index in [1.807, 2.05) is 125 Å². The molecule has 20 aliphatic rings. The van der Waals surface area contributed by atoms with Crippen LogP contribution in [0.5, 0.6) is 46.0 Å². The van der Waals surface area contributed by atoms with Crippen molar-refractivity contribution in [2.45, 2.75) is 281 Å². The number of thiocarbonyl (C=S) groups is 2. The van der Waals surface area contributed by atoms with Gasteiger partial charge >= 0.3 is 0 Å². The molecule has 21 nitrogen and oxygen atoms in total. The maximum atomic E-state index is 12.2. The molecule has 6 aromatic carbocycles. The number of fused-ring (bicyclic) bond motifs is 20. The molecule has 0 unspecified atom stereocenters. The van der Waals surface area contributed by atoms with Crippen molar-refractivity contribution in [1.82, 2.24) is 10.9 Å². The third-order valence-corrected chi connectivity index (χ3v) is 39.2. The average molecular weight is 2040 g/mol. The lowest BCUT2D eigenvalue weighted by molar-refractivity contribution is -0.115. The van der Waals surface area contributed by atoms with Crippen LogP contribution in [0.2, 0.25) is 0 Å². The smallest absolute Gasteiger partial charge is 0.231 e. The number of ketones is 2. The zero-order valence-electron chi connectivity index (χ0n) is 86.6. The number of rotatable bonds is 8. The van der Waals surface area contributed by atoms with E-state index in [1.165, 1.54) is 78.0 Å². The minimum absolute atomic E-state index is 0. The molecular formula is C126H136N6O15S2. The van der Waals surface area contributed by atoms with Gasteiger partial charge in [0.15, 0.2) is 67.8 Å². The first-order valence-electron chi connectivity index (χ1n) is 54.1. The van der Waals surface area contributed by atoms with Crippen LogP contribution in [0.1, 0.15) is 281 Å². The van der Waals surface area contributed by atoms with Crippen molar-refractivity contribution in [3.05, 3.63) is 247 Å². The summed E-state index contributed by atoms with van der Waals surface area (Å²) in [5.74, 6) is 36.2. The molecule has 23 heteroatoms. The quantitative estimate of drug-likeness (QED) is 0.0399. The minimum atomic E-state index is -0.961. The van der Waals surface area contributed by atoms with Crippen molar-refractivity contribution in [2.24, 2.45) is 79.2 Å². The van der Waals surface area contributed by atoms with E-state index in [9.17, 15) is 30.0 Å². The Morgan fingerprint density at radius 2 is 0.584 bits per heavy atom. The second-order valence-electron chi connectivity index (χ2n) is 45.7. The fourth-order valence-electron chi connectivity index (χ4n) is 31.8. The summed E-state index contributed by atoms with van der Waals surface area (Å²) >= 11 is 11.0. The zero-order valence-corrected chi connectivity index (χ0v) is 88.3. The van der Waals surface area contributed by atoms with E-state index >= 15 is 0 Å². The molecule has 6 aromatic rings. The Balaban J connectivity index is 0.000000113. The van der Waals surface area contributed by atoms with Gasteiger partial charge in [-0.3, -0.25) is 20.4 Å². The zero-order chi connectivity index (χ0) is 102. The number of aliphatic hydroxyl groups is 4. The maximum Gasteiger partial charge on any atom is 0.231 e. The van der Waals surface area contributed by atoms with Gasteiger partial charge in [-0.25, -0.2) is 0 Å². The summed E-state index contributed by atoms with van der Waals surface area (Å²) in [5.41, 5.74) is 27.3. The van der Waals surface area contributed by atoms with Gasteiger partial charge in [0.2, 0.25) is 27.2 Å². The first-order chi connectivity index (χ1) is 71.6. The fraction of sp³-hybridized carbons (Fsp3) is 0.476. The van der Waals surface area contributed by atoms with E-state index < -0.39 is 22.4 Å². The van der Waals surface area contributed by atoms with Crippen molar-refractivity contribution in [2.75, 3.05) is 37.8 Å². The van der Waals surface area contributed by atoms with Crippen LogP contribution in [0, 0.1) is 116 Å². The molecule has 0 bridgehead atoms. The summed E-state index contributed by atoms with van der Waals surface area (Å²) in [6.07, 6.45) is 33.6. The van der Waals surface area contributed by atoms with Crippen LogP contribution in [0.15, 0.2) is 235 Å². The maximum absolute atomic E-state index is 12.2. The van der Waals surface area contributed by atoms with Gasteiger partial charge in [-0.15, -0.1) is 23.7 Å². The first kappa shape index (κ1) is 101. The third-order valence-electron chi connectivity index (χ3n) is 38.8. The van der Waals surface area contributed by atoms with Crippen molar-refractivity contribution < 1.29 is 73.4 Å². The Kier molecular flexibility index (Phi) is 27.3. The highest BCUT2D eigenvalue weighted by molar-refractivity contribution is 7.80. The van der Waals surface area contributed by atoms with Crippen molar-refractivity contribution in [1.29, 1.82) is 0 Å². The van der Waals surface area contributed by atoms with Crippen LogP contribution in [0.25, 0.3) is 0 Å². The molecule has 16 aliphatic carbocycles. The number of ether oxygens (including phenoxy) is 8. The van der Waals surface area contributed by atoms with Gasteiger partial charge in [0, 0.05) is 69.5 Å². The van der Waals surface area contributed by atoms with Gasteiger partial charge in [-0.05, 0) is 430 Å². The number of hydrazone groups is 2. The summed E-state index contributed by atoms with van der Waals surface area (Å²) < 4.78 is 45.4. The summed E-state index contributed by atoms with van der Waals surface area (Å²) in [6, 6.07) is 45.2. The number of nitrogens with zero attached hydrogens (tertiary/aromatic N) is 2. The number of carbonyl (C=O) groups excluding carboxylic acids is 2. The summed E-state index contributed by atoms with van der Waals surface area (Å²) in [5, 5.41) is 64.0. The van der Waals surface area contributed by atoms with Gasteiger partial charge in [0.1, 0.15) is 22.4 Å². The summed E-state index contributed by atoms with van der Waals surface area (Å²) in [4.78, 5) is 24.3. The molecule has 0 radical (unpaired) electrons. The number of anilines is 2. The van der Waals surface area contributed by atoms with Crippen molar-refractivity contribution >= 4 is 69.0 Å². The van der Waals surface area contributed by atoms with E-state index in [2.05, 4.69) is 167 Å². The second kappa shape index (κ2) is 40.2. The van der Waals surface area contributed by atoms with Gasteiger partial charge in [0.25, 0.3) is 0 Å². The molecular weight excluding hydrogens is 1900 g/mol. The molecule has 4 heterocycles. The Bertz CT molecular complexity index is 6680. The topological polar surface area (TPSA) is 293 Å². The Morgan fingerprint density at radius 1 is 0.329 bits per heavy atom. The Labute approximate surface area is 885 Å². The Hall–Kier alpha value is -12.3. The molecule has 26 rings (SSSR count). The molecule has 0 saturated heterocycles. The summed E-state index contributed by atoms with van der Waals surface area (Å²) in [7, 11) is 0. The van der Waals surface area contributed by atoms with Gasteiger partial charge < -0.3 is 74.4 Å². The van der Waals surface area contributed by atoms with Crippen molar-refractivity contribution in [3.63, 3.8) is 0 Å². The van der Waals surface area contributed by atoms with E-state index in [1.54, 1.807) is 11.1 Å². The molecule has 8 saturated carbocycles. The molecule has 10 N–H and O–H groups in total. The molecule has 772 valence electrons. The molecule has 8 fully saturated rings. The predicted molar refractivity (Wildman–Crippen MR) is 585 cm³/mol. The number of hydrogen-bond acceptors (Lipinski definition) is 18. The molecule has 0 aromatic heterocycles. The summed E-state index contributed by atoms with van der Waals surface area (Å²) in [6.45, 7) is 17.5. The normalized spacial score (nSPS) is 33.9. The highest BCUT2D eigenvalue weighted by Gasteiger charge is 2.68. The first-order valence-corrected chi connectivity index (χ1v) is 54.9. The highest BCUT2D eigenvalue weighted by Crippen LogP contribution is 2.73. The van der Waals surface area contributed by atoms with E-state index in [0.29, 0.717) is 70.4 Å². The number of carbonyl (C=O) groups is 2. The lowest BCUT2D eigenvalue weighted by Crippen LogP contribution is -2.51. The van der Waals surface area contributed by atoms with E-state index in [0.717, 1.165) is 236 Å². The Morgan fingerprint density at radius 3 is 0.852 bits per heavy atom. The number of hydrogen-bond donors (Lipinski definition) is 8. The van der Waals surface area contributed by atoms with Crippen LogP contribution in [-0.2, 0) is 9.59 Å². The number of nitrogens with one attached hydrogen (secondary N) is 4. The van der Waals surface area contributed by atoms with Crippen molar-refractivity contribution in [3.8, 4) is 93.4 Å². The van der Waals surface area contributed by atoms with Crippen LogP contribution in [-0.4, -0.2) is 109 Å². The lowest BCUT2D eigenvalue weighted by Gasteiger charge is -2.53. The van der Waals surface area contributed by atoms with Crippen LogP contribution >= 0.6 is 24.4 Å². The largest absolute Gasteiger partial charge is 0.454 e. The molecule has 20 atom stereocenters. The van der Waals surface area contributed by atoms with Crippen LogP contribution < -0.4 is 59.4 Å². The number of allylic oxidation sites excluding steroid dienone is 16. The minimum Gasteiger partial charge on any atom is -0.454 e. The van der Waals surface area contributed by atoms with E-state index in [-0.39, 0.29) is 89.5 Å². The number of benzene rings is 6. The van der Waals surface area contributed by atoms with Gasteiger partial charge in [0.05, 0.1) is 11.4 Å². The van der Waals surface area contributed by atoms with Gasteiger partial charge in [-0.1, -0.05) is 134 Å². The molecule has 0 amide bonds. The molecule has 149 heavy (non-hydrogen) atoms. The van der Waals surface area contributed by atoms with Crippen LogP contribution in [0.4, 0.5) is 11.4 Å². The second-order valence-corrected chi connectivity index (χ2v) is 46.5. The monoisotopic (exact) mass is 2040 g/mol. The number of para-hydroxylation sites is 2. The lowest BCUT2D eigenvalue weighted by atomic mass is 9.51. The molecule has 4 aliphatic heterocycles. The highest BCUT2D eigenvalue weighted by atomic mass is 32.1. The van der Waals surface area contributed by atoms with Crippen LogP contribution in [0.3, 0.4) is 0 Å².